The molecule has 0 bridgehead atoms. The first-order chi connectivity index (χ1) is 4.13. The van der Waals surface area contributed by atoms with Crippen LogP contribution in [-0.2, 0) is 4.79 Å². The highest BCUT2D eigenvalue weighted by Crippen LogP contribution is 1.95. The van der Waals surface area contributed by atoms with E-state index in [1.54, 1.807) is 0 Å². The predicted octanol–water partition coefficient (Wildman–Crippen LogP) is 1.22. The quantitative estimate of drug-likeness (QED) is 0.569. The number of nitrogens with two attached hydrogens (primary N) is 1. The maximum atomic E-state index is 10.2. The maximum Gasteiger partial charge on any atom is 0.217 e. The first kappa shape index (κ1) is 8.21. The van der Waals surface area contributed by atoms with E-state index < -0.39 is 0 Å². The topological polar surface area (TPSA) is 43.1 Å². The lowest BCUT2D eigenvalue weighted by Crippen LogP contribution is -2.08. The summed E-state index contributed by atoms with van der Waals surface area (Å²) in [4.78, 5) is 10.2. The molecule has 0 aliphatic carbocycles. The van der Waals surface area contributed by atoms with E-state index in [4.69, 9.17) is 5.73 Å². The maximum absolute atomic E-state index is 10.2. The molecular weight excluding hydrogens is 114 g/mol. The van der Waals surface area contributed by atoms with Gasteiger partial charge in [0.2, 0.25) is 5.91 Å². The average molecular weight is 127 g/mol. The molecular formula is C7H13NO. The molecule has 0 atom stereocenters. The van der Waals surface area contributed by atoms with E-state index >= 15 is 0 Å². The lowest BCUT2D eigenvalue weighted by atomic mass is 10.2. The van der Waals surface area contributed by atoms with Crippen molar-refractivity contribution in [3.05, 3.63) is 11.6 Å². The van der Waals surface area contributed by atoms with Crippen LogP contribution in [0.25, 0.3) is 0 Å². The van der Waals surface area contributed by atoms with Crippen LogP contribution in [0.4, 0.5) is 0 Å². The first-order valence-electron chi connectivity index (χ1n) is 3.04. The summed E-state index contributed by atoms with van der Waals surface area (Å²) in [5.74, 6) is -0.229. The Bertz CT molecular complexity index is 123. The lowest BCUT2D eigenvalue weighted by molar-refractivity contribution is -0.117. The standard InChI is InChI=1S/C7H13NO/c1-6(2)4-3-5-7(8)9/h4H,3,5H2,1-2H3,(H2,8,9). The molecule has 0 heterocycles. The van der Waals surface area contributed by atoms with Crippen molar-refractivity contribution in [3.63, 3.8) is 0 Å². The summed E-state index contributed by atoms with van der Waals surface area (Å²) in [5, 5.41) is 0. The highest BCUT2D eigenvalue weighted by atomic mass is 16.1. The van der Waals surface area contributed by atoms with Gasteiger partial charge in [0.05, 0.1) is 0 Å². The highest BCUT2D eigenvalue weighted by Gasteiger charge is 1.88. The third-order valence-electron chi connectivity index (χ3n) is 0.943. The molecule has 2 nitrogen and oxygen atoms in total. The summed E-state index contributed by atoms with van der Waals surface area (Å²) in [7, 11) is 0. The molecule has 52 valence electrons. The Morgan fingerprint density at radius 1 is 1.56 bits per heavy atom. The van der Waals surface area contributed by atoms with Crippen LogP contribution in [0, 0.1) is 0 Å². The monoisotopic (exact) mass is 127 g/mol. The Morgan fingerprint density at radius 3 is 2.44 bits per heavy atom. The van der Waals surface area contributed by atoms with Gasteiger partial charge in [-0.3, -0.25) is 4.79 Å². The molecule has 0 aliphatic heterocycles. The van der Waals surface area contributed by atoms with Gasteiger partial charge in [0.25, 0.3) is 0 Å². The van der Waals surface area contributed by atoms with Gasteiger partial charge in [-0.05, 0) is 20.3 Å². The molecule has 0 aliphatic rings. The van der Waals surface area contributed by atoms with Crippen molar-refractivity contribution < 1.29 is 4.79 Å². The number of carbonyl (C=O) groups is 1. The van der Waals surface area contributed by atoms with Crippen molar-refractivity contribution in [2.24, 2.45) is 5.73 Å². The van der Waals surface area contributed by atoms with Crippen molar-refractivity contribution in [2.45, 2.75) is 26.7 Å². The number of primary amides is 1. The minimum absolute atomic E-state index is 0.229. The summed E-state index contributed by atoms with van der Waals surface area (Å²) < 4.78 is 0. The molecule has 0 saturated heterocycles. The van der Waals surface area contributed by atoms with Gasteiger partial charge < -0.3 is 5.73 Å². The van der Waals surface area contributed by atoms with Crippen molar-refractivity contribution >= 4 is 5.91 Å². The Morgan fingerprint density at radius 2 is 2.11 bits per heavy atom. The minimum Gasteiger partial charge on any atom is -0.370 e. The van der Waals surface area contributed by atoms with E-state index in [1.807, 2.05) is 19.9 Å². The molecule has 0 aromatic carbocycles. The molecule has 0 aromatic heterocycles. The van der Waals surface area contributed by atoms with E-state index in [2.05, 4.69) is 0 Å². The molecule has 0 spiro atoms. The molecule has 2 N–H and O–H groups in total. The Kier molecular flexibility index (Phi) is 3.76. The molecule has 0 radical (unpaired) electrons. The zero-order chi connectivity index (χ0) is 7.28. The fourth-order valence-corrected chi connectivity index (χ4v) is 0.503. The van der Waals surface area contributed by atoms with E-state index in [1.165, 1.54) is 5.57 Å². The predicted molar refractivity (Wildman–Crippen MR) is 37.9 cm³/mol. The SMILES string of the molecule is CC(C)=CCCC(N)=O. The summed E-state index contributed by atoms with van der Waals surface area (Å²) >= 11 is 0. The van der Waals surface area contributed by atoms with Crippen LogP contribution >= 0.6 is 0 Å². The number of hydrogen-bond acceptors (Lipinski definition) is 1. The van der Waals surface area contributed by atoms with Gasteiger partial charge in [-0.2, -0.15) is 0 Å². The molecule has 0 rings (SSSR count). The summed E-state index contributed by atoms with van der Waals surface area (Å²) in [6.07, 6.45) is 3.24. The Balaban J connectivity index is 3.31. The van der Waals surface area contributed by atoms with Gasteiger partial charge in [-0.15, -0.1) is 0 Å². The summed E-state index contributed by atoms with van der Waals surface area (Å²) in [5.41, 5.74) is 6.14. The largest absolute Gasteiger partial charge is 0.370 e. The average Bonchev–Trinajstić information content (AvgIpc) is 1.63. The van der Waals surface area contributed by atoms with Crippen LogP contribution in [-0.4, -0.2) is 5.91 Å². The van der Waals surface area contributed by atoms with E-state index in [9.17, 15) is 4.79 Å². The number of allylic oxidation sites excluding steroid dienone is 2. The summed E-state index contributed by atoms with van der Waals surface area (Å²) in [6.45, 7) is 4.00. The second-order valence-corrected chi connectivity index (χ2v) is 2.29. The third-order valence-corrected chi connectivity index (χ3v) is 0.943. The molecule has 1 amide bonds. The van der Waals surface area contributed by atoms with Crippen LogP contribution in [0.1, 0.15) is 26.7 Å². The number of carbonyl (C=O) groups excluding carboxylic acids is 1. The van der Waals surface area contributed by atoms with Gasteiger partial charge in [0.1, 0.15) is 0 Å². The Labute approximate surface area is 55.7 Å². The fraction of sp³-hybridized carbons (Fsp3) is 0.571. The Hall–Kier alpha value is -0.790. The van der Waals surface area contributed by atoms with Crippen LogP contribution in [0.5, 0.6) is 0 Å². The van der Waals surface area contributed by atoms with Gasteiger partial charge in [0.15, 0.2) is 0 Å². The molecule has 0 unspecified atom stereocenters. The number of hydrogen-bond donors (Lipinski definition) is 1. The zero-order valence-corrected chi connectivity index (χ0v) is 5.98. The number of rotatable bonds is 3. The van der Waals surface area contributed by atoms with E-state index in [-0.39, 0.29) is 5.91 Å². The van der Waals surface area contributed by atoms with Gasteiger partial charge in [-0.25, -0.2) is 0 Å². The van der Waals surface area contributed by atoms with Gasteiger partial charge >= 0.3 is 0 Å². The van der Waals surface area contributed by atoms with E-state index in [0.29, 0.717) is 6.42 Å². The minimum atomic E-state index is -0.229. The normalized spacial score (nSPS) is 8.67. The van der Waals surface area contributed by atoms with Crippen LogP contribution in [0.15, 0.2) is 11.6 Å². The van der Waals surface area contributed by atoms with Crippen LogP contribution < -0.4 is 5.73 Å². The van der Waals surface area contributed by atoms with Gasteiger partial charge in [0, 0.05) is 6.42 Å². The highest BCUT2D eigenvalue weighted by molar-refractivity contribution is 5.73. The third kappa shape index (κ3) is 7.21. The first-order valence-corrected chi connectivity index (χ1v) is 3.04. The second-order valence-electron chi connectivity index (χ2n) is 2.29. The molecule has 0 aromatic rings. The van der Waals surface area contributed by atoms with Crippen molar-refractivity contribution in [1.82, 2.24) is 0 Å². The van der Waals surface area contributed by atoms with Crippen molar-refractivity contribution in [3.8, 4) is 0 Å². The fourth-order valence-electron chi connectivity index (χ4n) is 0.503. The molecule has 0 saturated carbocycles. The number of amides is 1. The van der Waals surface area contributed by atoms with Gasteiger partial charge in [-0.1, -0.05) is 11.6 Å². The second kappa shape index (κ2) is 4.13. The molecule has 9 heavy (non-hydrogen) atoms. The lowest BCUT2D eigenvalue weighted by Gasteiger charge is -1.89. The van der Waals surface area contributed by atoms with Crippen molar-refractivity contribution in [2.75, 3.05) is 0 Å². The molecule has 2 heteroatoms. The van der Waals surface area contributed by atoms with Crippen LogP contribution in [0.3, 0.4) is 0 Å². The van der Waals surface area contributed by atoms with Crippen molar-refractivity contribution in [1.29, 1.82) is 0 Å². The smallest absolute Gasteiger partial charge is 0.217 e. The summed E-state index contributed by atoms with van der Waals surface area (Å²) in [6, 6.07) is 0. The molecule has 0 fully saturated rings. The zero-order valence-electron chi connectivity index (χ0n) is 5.98. The van der Waals surface area contributed by atoms with Crippen LogP contribution in [0.2, 0.25) is 0 Å². The van der Waals surface area contributed by atoms with E-state index in [0.717, 1.165) is 6.42 Å².